The Morgan fingerprint density at radius 1 is 1.53 bits per heavy atom. The number of hydrogen-bond acceptors (Lipinski definition) is 5. The Morgan fingerprint density at radius 2 is 2.47 bits per heavy atom. The monoisotopic (exact) mass is 262 g/mol. The third kappa shape index (κ3) is 3.11. The molecule has 5 nitrogen and oxygen atoms in total. The Bertz CT molecular complexity index is 400. The normalized spacial score (nSPS) is 29.1. The molecule has 3 rings (SSSR count). The molecule has 0 radical (unpaired) electrons. The Morgan fingerprint density at radius 3 is 3.32 bits per heavy atom. The largest absolute Gasteiger partial charge is 0.374 e. The molecule has 3 heterocycles. The van der Waals surface area contributed by atoms with Crippen LogP contribution in [0.3, 0.4) is 0 Å². The number of fused-ring (bicyclic) bond motifs is 1. The van der Waals surface area contributed by atoms with Gasteiger partial charge in [-0.15, -0.1) is 0 Å². The van der Waals surface area contributed by atoms with Gasteiger partial charge in [-0.1, -0.05) is 0 Å². The average molecular weight is 262 g/mol. The number of rotatable bonds is 4. The summed E-state index contributed by atoms with van der Waals surface area (Å²) in [5, 5.41) is 3.49. The number of aromatic nitrogens is 2. The van der Waals surface area contributed by atoms with Crippen molar-refractivity contribution in [2.24, 2.45) is 0 Å². The van der Waals surface area contributed by atoms with Gasteiger partial charge in [-0.05, 0) is 26.3 Å². The summed E-state index contributed by atoms with van der Waals surface area (Å²) in [6.45, 7) is 6.19. The molecule has 1 aromatic rings. The molecule has 0 aliphatic carbocycles. The predicted octanol–water partition coefficient (Wildman–Crippen LogP) is 0.990. The lowest BCUT2D eigenvalue weighted by atomic mass is 10.1. The second kappa shape index (κ2) is 5.94. The number of hydrogen-bond donors (Lipinski definition) is 1. The number of morpholine rings is 1. The maximum atomic E-state index is 5.94. The number of nitrogens with one attached hydrogen (secondary N) is 1. The molecule has 0 spiro atoms. The Kier molecular flexibility index (Phi) is 4.06. The molecule has 2 fully saturated rings. The SMILES string of the molecule is CC(NCC1CN2CCCC2CO1)c1cnccn1. The molecule has 5 heteroatoms. The zero-order chi connectivity index (χ0) is 13.1. The quantitative estimate of drug-likeness (QED) is 0.877. The molecular formula is C14H22N4O. The fourth-order valence-corrected chi connectivity index (χ4v) is 2.96. The predicted molar refractivity (Wildman–Crippen MR) is 72.8 cm³/mol. The highest BCUT2D eigenvalue weighted by atomic mass is 16.5. The first-order valence-corrected chi connectivity index (χ1v) is 7.18. The van der Waals surface area contributed by atoms with Gasteiger partial charge < -0.3 is 10.1 Å². The minimum atomic E-state index is 0.216. The maximum absolute atomic E-state index is 5.94. The lowest BCUT2D eigenvalue weighted by Crippen LogP contribution is -2.49. The van der Waals surface area contributed by atoms with Crippen molar-refractivity contribution in [1.82, 2.24) is 20.2 Å². The van der Waals surface area contributed by atoms with E-state index in [2.05, 4.69) is 27.1 Å². The molecule has 2 aliphatic heterocycles. The van der Waals surface area contributed by atoms with Crippen LogP contribution in [0.2, 0.25) is 0 Å². The van der Waals surface area contributed by atoms with E-state index in [1.54, 1.807) is 12.4 Å². The zero-order valence-corrected chi connectivity index (χ0v) is 11.5. The Hall–Kier alpha value is -1.04. The maximum Gasteiger partial charge on any atom is 0.0827 e. The van der Waals surface area contributed by atoms with Crippen molar-refractivity contribution < 1.29 is 4.74 Å². The summed E-state index contributed by atoms with van der Waals surface area (Å²) in [5.74, 6) is 0. The second-order valence-electron chi connectivity index (χ2n) is 5.51. The van der Waals surface area contributed by atoms with Gasteiger partial charge in [0.05, 0.1) is 18.4 Å². The summed E-state index contributed by atoms with van der Waals surface area (Å²) in [6.07, 6.45) is 8.18. The van der Waals surface area contributed by atoms with Crippen LogP contribution in [0.1, 0.15) is 31.5 Å². The van der Waals surface area contributed by atoms with Crippen molar-refractivity contribution in [3.05, 3.63) is 24.3 Å². The van der Waals surface area contributed by atoms with E-state index in [1.807, 2.05) is 6.20 Å². The highest BCUT2D eigenvalue weighted by Crippen LogP contribution is 2.22. The fourth-order valence-electron chi connectivity index (χ4n) is 2.96. The van der Waals surface area contributed by atoms with Gasteiger partial charge in [0.15, 0.2) is 0 Å². The van der Waals surface area contributed by atoms with Crippen molar-refractivity contribution in [3.63, 3.8) is 0 Å². The van der Waals surface area contributed by atoms with Gasteiger partial charge in [0.2, 0.25) is 0 Å². The standard InChI is InChI=1S/C14H22N4O/c1-11(14-8-15-4-5-16-14)17-7-13-9-18-6-2-3-12(18)10-19-13/h4-5,8,11-13,17H,2-3,6-7,9-10H2,1H3. The van der Waals surface area contributed by atoms with Gasteiger partial charge in [-0.3, -0.25) is 14.9 Å². The zero-order valence-electron chi connectivity index (χ0n) is 11.5. The average Bonchev–Trinajstić information content (AvgIpc) is 2.93. The minimum absolute atomic E-state index is 0.216. The second-order valence-corrected chi connectivity index (χ2v) is 5.51. The minimum Gasteiger partial charge on any atom is -0.374 e. The van der Waals surface area contributed by atoms with E-state index in [0.29, 0.717) is 12.1 Å². The van der Waals surface area contributed by atoms with Crippen LogP contribution in [-0.2, 0) is 4.74 Å². The van der Waals surface area contributed by atoms with E-state index in [0.717, 1.165) is 25.4 Å². The topological polar surface area (TPSA) is 50.3 Å². The van der Waals surface area contributed by atoms with Crippen molar-refractivity contribution >= 4 is 0 Å². The van der Waals surface area contributed by atoms with Crippen LogP contribution in [-0.4, -0.2) is 53.3 Å². The van der Waals surface area contributed by atoms with Crippen LogP contribution >= 0.6 is 0 Å². The highest BCUT2D eigenvalue weighted by Gasteiger charge is 2.32. The van der Waals surface area contributed by atoms with Crippen LogP contribution in [0, 0.1) is 0 Å². The van der Waals surface area contributed by atoms with Crippen molar-refractivity contribution in [2.75, 3.05) is 26.2 Å². The molecule has 2 aliphatic rings. The Labute approximate surface area is 114 Å². The van der Waals surface area contributed by atoms with Crippen LogP contribution in [0.25, 0.3) is 0 Å². The number of ether oxygens (including phenoxy) is 1. The molecule has 0 aromatic carbocycles. The smallest absolute Gasteiger partial charge is 0.0827 e. The highest BCUT2D eigenvalue weighted by molar-refractivity contribution is 5.00. The first kappa shape index (κ1) is 13.0. The summed E-state index contributed by atoms with van der Waals surface area (Å²) in [4.78, 5) is 11.0. The molecule has 0 bridgehead atoms. The molecule has 104 valence electrons. The van der Waals surface area contributed by atoms with E-state index in [4.69, 9.17) is 4.74 Å². The van der Waals surface area contributed by atoms with Gasteiger partial charge in [0, 0.05) is 43.8 Å². The third-order valence-electron chi connectivity index (χ3n) is 4.14. The summed E-state index contributed by atoms with van der Waals surface area (Å²) in [7, 11) is 0. The van der Waals surface area contributed by atoms with Crippen LogP contribution in [0.15, 0.2) is 18.6 Å². The van der Waals surface area contributed by atoms with Crippen molar-refractivity contribution in [2.45, 2.75) is 38.0 Å². The first-order valence-electron chi connectivity index (χ1n) is 7.18. The summed E-state index contributed by atoms with van der Waals surface area (Å²) in [5.41, 5.74) is 0.984. The molecule has 0 amide bonds. The molecule has 3 atom stereocenters. The summed E-state index contributed by atoms with van der Waals surface area (Å²) in [6, 6.07) is 0.891. The molecule has 0 saturated carbocycles. The van der Waals surface area contributed by atoms with E-state index < -0.39 is 0 Å². The van der Waals surface area contributed by atoms with Crippen molar-refractivity contribution in [3.8, 4) is 0 Å². The van der Waals surface area contributed by atoms with Gasteiger partial charge in [0.25, 0.3) is 0 Å². The number of nitrogens with zero attached hydrogens (tertiary/aromatic N) is 3. The van der Waals surface area contributed by atoms with Crippen LogP contribution in [0.5, 0.6) is 0 Å². The summed E-state index contributed by atoms with van der Waals surface area (Å²) >= 11 is 0. The molecule has 1 N–H and O–H groups in total. The molecule has 1 aromatic heterocycles. The van der Waals surface area contributed by atoms with E-state index in [-0.39, 0.29) is 6.04 Å². The van der Waals surface area contributed by atoms with Gasteiger partial charge in [-0.2, -0.15) is 0 Å². The molecule has 3 unspecified atom stereocenters. The van der Waals surface area contributed by atoms with E-state index in [1.165, 1.54) is 19.4 Å². The first-order chi connectivity index (χ1) is 9.33. The lowest BCUT2D eigenvalue weighted by Gasteiger charge is -2.35. The summed E-state index contributed by atoms with van der Waals surface area (Å²) < 4.78 is 5.94. The van der Waals surface area contributed by atoms with Gasteiger partial charge in [0.1, 0.15) is 0 Å². The lowest BCUT2D eigenvalue weighted by molar-refractivity contribution is -0.0477. The molecular weight excluding hydrogens is 240 g/mol. The fraction of sp³-hybridized carbons (Fsp3) is 0.714. The van der Waals surface area contributed by atoms with E-state index >= 15 is 0 Å². The van der Waals surface area contributed by atoms with Crippen LogP contribution < -0.4 is 5.32 Å². The van der Waals surface area contributed by atoms with Gasteiger partial charge in [-0.25, -0.2) is 0 Å². The molecule has 2 saturated heterocycles. The van der Waals surface area contributed by atoms with Gasteiger partial charge >= 0.3 is 0 Å². The van der Waals surface area contributed by atoms with Crippen molar-refractivity contribution in [1.29, 1.82) is 0 Å². The van der Waals surface area contributed by atoms with E-state index in [9.17, 15) is 0 Å². The van der Waals surface area contributed by atoms with Crippen LogP contribution in [0.4, 0.5) is 0 Å². The Balaban J connectivity index is 1.47. The third-order valence-corrected chi connectivity index (χ3v) is 4.14. The molecule has 19 heavy (non-hydrogen) atoms.